The minimum absolute atomic E-state index is 0.00535. The fourth-order valence-corrected chi connectivity index (χ4v) is 6.65. The molecule has 9 heteroatoms. The van der Waals surface area contributed by atoms with Crippen LogP contribution in [0.5, 0.6) is 5.75 Å². The van der Waals surface area contributed by atoms with Gasteiger partial charge in [-0.25, -0.2) is 0 Å². The summed E-state index contributed by atoms with van der Waals surface area (Å²) >= 11 is 0. The highest BCUT2D eigenvalue weighted by Crippen LogP contribution is 2.51. The molecule has 2 amide bonds. The van der Waals surface area contributed by atoms with E-state index < -0.39 is 41.4 Å². The summed E-state index contributed by atoms with van der Waals surface area (Å²) in [5.74, 6) is -3.11. The molecule has 0 heterocycles. The maximum Gasteiger partial charge on any atom is 0.310 e. The van der Waals surface area contributed by atoms with Crippen LogP contribution in [-0.2, 0) is 24.0 Å². The van der Waals surface area contributed by atoms with Crippen LogP contribution in [0, 0.1) is 29.1 Å². The van der Waals surface area contributed by atoms with Gasteiger partial charge in [-0.15, -0.1) is 0 Å². The van der Waals surface area contributed by atoms with Crippen molar-refractivity contribution in [3.8, 4) is 5.75 Å². The topological polar surface area (TPSA) is 139 Å². The van der Waals surface area contributed by atoms with E-state index in [9.17, 15) is 29.1 Å². The van der Waals surface area contributed by atoms with E-state index in [1.807, 2.05) is 44.2 Å². The second-order valence-corrected chi connectivity index (χ2v) is 12.7. The monoisotopic (exact) mass is 568 g/mol. The smallest absolute Gasteiger partial charge is 0.310 e. The zero-order valence-electron chi connectivity index (χ0n) is 24.4. The molecule has 3 aliphatic rings. The van der Waals surface area contributed by atoms with Crippen LogP contribution in [0.2, 0.25) is 0 Å². The van der Waals surface area contributed by atoms with E-state index >= 15 is 0 Å². The van der Waals surface area contributed by atoms with Crippen LogP contribution in [0.15, 0.2) is 30.3 Å². The number of nitrogens with one attached hydrogen (secondary N) is 2. The largest absolute Gasteiger partial charge is 0.490 e. The average molecular weight is 569 g/mol. The summed E-state index contributed by atoms with van der Waals surface area (Å²) in [6.45, 7) is 5.09. The van der Waals surface area contributed by atoms with Crippen LogP contribution in [0.25, 0.3) is 0 Å². The molecular formula is C32H44N2O7. The fraction of sp³-hybridized carbons (Fsp3) is 0.656. The molecule has 41 heavy (non-hydrogen) atoms. The molecule has 3 fully saturated rings. The van der Waals surface area contributed by atoms with Gasteiger partial charge in [-0.2, -0.15) is 0 Å². The van der Waals surface area contributed by atoms with E-state index in [4.69, 9.17) is 4.74 Å². The molecule has 9 nitrogen and oxygen atoms in total. The molecule has 4 rings (SSSR count). The van der Waals surface area contributed by atoms with Gasteiger partial charge in [0.15, 0.2) is 5.78 Å². The first-order chi connectivity index (χ1) is 19.5. The number of hydrogen-bond acceptors (Lipinski definition) is 6. The number of para-hydroxylation sites is 1. The summed E-state index contributed by atoms with van der Waals surface area (Å²) in [4.78, 5) is 65.1. The number of carbonyl (C=O) groups is 5. The Labute approximate surface area is 242 Å². The highest BCUT2D eigenvalue weighted by Gasteiger charge is 2.54. The SMILES string of the molecule is CC(=O)N[C@H](C(=O)N[C@H](C(=O)C1C[C@H](Oc2ccccc2)C[C@H]1C(=O)CC1(C(=O)O)CC1)C(C)C)C1CCCCC1. The van der Waals surface area contributed by atoms with E-state index in [1.165, 1.54) is 6.92 Å². The van der Waals surface area contributed by atoms with E-state index in [2.05, 4.69) is 10.6 Å². The third kappa shape index (κ3) is 7.54. The van der Waals surface area contributed by atoms with Gasteiger partial charge in [0, 0.05) is 25.2 Å². The first-order valence-electron chi connectivity index (χ1n) is 15.1. The van der Waals surface area contributed by atoms with Crippen LogP contribution in [0.1, 0.15) is 85.0 Å². The van der Waals surface area contributed by atoms with Crippen molar-refractivity contribution in [1.29, 1.82) is 0 Å². The molecule has 3 N–H and O–H groups in total. The lowest BCUT2D eigenvalue weighted by Gasteiger charge is -2.32. The maximum atomic E-state index is 14.1. The predicted molar refractivity (Wildman–Crippen MR) is 152 cm³/mol. The van der Waals surface area contributed by atoms with Gasteiger partial charge >= 0.3 is 5.97 Å². The first-order valence-corrected chi connectivity index (χ1v) is 15.1. The lowest BCUT2D eigenvalue weighted by molar-refractivity contribution is -0.146. The number of ketones is 2. The molecule has 0 spiro atoms. The minimum Gasteiger partial charge on any atom is -0.490 e. The molecule has 1 aromatic carbocycles. The zero-order valence-corrected chi connectivity index (χ0v) is 24.4. The summed E-state index contributed by atoms with van der Waals surface area (Å²) in [5, 5.41) is 15.4. The number of Topliss-reactive ketones (excluding diaryl/α,β-unsaturated/α-hetero) is 2. The van der Waals surface area contributed by atoms with Crippen LogP contribution >= 0.6 is 0 Å². The number of carbonyl (C=O) groups excluding carboxylic acids is 4. The molecule has 224 valence electrons. The van der Waals surface area contributed by atoms with Gasteiger partial charge in [0.2, 0.25) is 11.8 Å². The number of rotatable bonds is 13. The number of ether oxygens (including phenoxy) is 1. The Balaban J connectivity index is 1.54. The van der Waals surface area contributed by atoms with Gasteiger partial charge in [0.05, 0.1) is 11.5 Å². The van der Waals surface area contributed by atoms with Crippen LogP contribution in [0.3, 0.4) is 0 Å². The maximum absolute atomic E-state index is 14.1. The Kier molecular flexibility index (Phi) is 9.87. The molecule has 5 atom stereocenters. The van der Waals surface area contributed by atoms with Crippen molar-refractivity contribution in [3.63, 3.8) is 0 Å². The quantitative estimate of drug-likeness (QED) is 0.326. The molecule has 0 aliphatic heterocycles. The second kappa shape index (κ2) is 13.2. The standard InChI is InChI=1S/C32H44N2O7/c1-19(2)27(34-30(38)28(33-20(3)35)21-10-6-4-7-11-21)29(37)25-17-23(41-22-12-8-5-9-13-22)16-24(25)26(36)18-32(14-15-32)31(39)40/h5,8-9,12-13,19,21,23-25,27-28H,4,6-7,10-11,14-18H2,1-3H3,(H,33,35)(H,34,38)(H,39,40)/t23-,24-,25?,27+,28+/m1/s1. The number of aliphatic carboxylic acids is 1. The predicted octanol–water partition coefficient (Wildman–Crippen LogP) is 4.08. The molecule has 0 aromatic heterocycles. The Morgan fingerprint density at radius 1 is 0.951 bits per heavy atom. The summed E-state index contributed by atoms with van der Waals surface area (Å²) in [7, 11) is 0. The van der Waals surface area contributed by atoms with Gasteiger partial charge in [-0.3, -0.25) is 24.0 Å². The third-order valence-electron chi connectivity index (χ3n) is 9.20. The first kappa shape index (κ1) is 30.7. The fourth-order valence-electron chi connectivity index (χ4n) is 6.65. The summed E-state index contributed by atoms with van der Waals surface area (Å²) in [6.07, 6.45) is 5.81. The van der Waals surface area contributed by atoms with Gasteiger partial charge in [-0.1, -0.05) is 51.3 Å². The van der Waals surface area contributed by atoms with Crippen molar-refractivity contribution in [3.05, 3.63) is 30.3 Å². The summed E-state index contributed by atoms with van der Waals surface area (Å²) < 4.78 is 6.16. The van der Waals surface area contributed by atoms with Crippen molar-refractivity contribution >= 4 is 29.4 Å². The molecule has 1 aromatic rings. The van der Waals surface area contributed by atoms with Crippen LogP contribution < -0.4 is 15.4 Å². The number of amides is 2. The highest BCUT2D eigenvalue weighted by molar-refractivity contribution is 5.98. The Hall–Kier alpha value is -3.23. The Bertz CT molecular complexity index is 1120. The van der Waals surface area contributed by atoms with E-state index in [0.717, 1.165) is 32.1 Å². The molecule has 0 bridgehead atoms. The normalized spacial score (nSPS) is 25.1. The van der Waals surface area contributed by atoms with Crippen LogP contribution in [-0.4, -0.2) is 52.6 Å². The minimum atomic E-state index is -1.03. The van der Waals surface area contributed by atoms with E-state index in [1.54, 1.807) is 0 Å². The molecule has 1 unspecified atom stereocenters. The van der Waals surface area contributed by atoms with Crippen molar-refractivity contribution in [2.24, 2.45) is 29.1 Å². The number of hydrogen-bond donors (Lipinski definition) is 3. The molecule has 0 radical (unpaired) electrons. The second-order valence-electron chi connectivity index (χ2n) is 12.7. The Morgan fingerprint density at radius 2 is 1.59 bits per heavy atom. The Morgan fingerprint density at radius 3 is 2.15 bits per heavy atom. The molecule has 3 aliphatic carbocycles. The molecule has 3 saturated carbocycles. The summed E-state index contributed by atoms with van der Waals surface area (Å²) in [5.41, 5.74) is -1.03. The van der Waals surface area contributed by atoms with Crippen molar-refractivity contribution in [2.75, 3.05) is 0 Å². The van der Waals surface area contributed by atoms with Gasteiger partial charge < -0.3 is 20.5 Å². The number of carboxylic acids is 1. The average Bonchev–Trinajstić information content (AvgIpc) is 3.61. The van der Waals surface area contributed by atoms with Gasteiger partial charge in [0.1, 0.15) is 23.7 Å². The van der Waals surface area contributed by atoms with E-state index in [-0.39, 0.29) is 41.6 Å². The highest BCUT2D eigenvalue weighted by atomic mass is 16.5. The molecular weight excluding hydrogens is 524 g/mol. The van der Waals surface area contributed by atoms with Crippen molar-refractivity contribution in [2.45, 2.75) is 103 Å². The summed E-state index contributed by atoms with van der Waals surface area (Å²) in [6, 6.07) is 7.64. The molecule has 0 saturated heterocycles. The third-order valence-corrected chi connectivity index (χ3v) is 9.20. The number of carboxylic acid groups (broad SMARTS) is 1. The van der Waals surface area contributed by atoms with Gasteiger partial charge in [0.25, 0.3) is 0 Å². The van der Waals surface area contributed by atoms with Crippen LogP contribution in [0.4, 0.5) is 0 Å². The zero-order chi connectivity index (χ0) is 29.7. The van der Waals surface area contributed by atoms with Gasteiger partial charge in [-0.05, 0) is 62.5 Å². The van der Waals surface area contributed by atoms with E-state index in [0.29, 0.717) is 31.4 Å². The van der Waals surface area contributed by atoms with Crippen molar-refractivity contribution in [1.82, 2.24) is 10.6 Å². The lowest BCUT2D eigenvalue weighted by atomic mass is 9.79. The van der Waals surface area contributed by atoms with Crippen molar-refractivity contribution < 1.29 is 33.8 Å². The lowest BCUT2D eigenvalue weighted by Crippen LogP contribution is -2.56. The number of benzene rings is 1.